The highest BCUT2D eigenvalue weighted by Crippen LogP contribution is 2.28. The zero-order valence-electron chi connectivity index (χ0n) is 12.0. The van der Waals surface area contributed by atoms with Crippen molar-refractivity contribution in [1.29, 1.82) is 0 Å². The highest BCUT2D eigenvalue weighted by atomic mass is 16.5. The van der Waals surface area contributed by atoms with E-state index in [0.29, 0.717) is 11.3 Å². The molecule has 2 rings (SSSR count). The third-order valence-corrected chi connectivity index (χ3v) is 3.25. The standard InChI is InChI=1S/C16H19NO3/c1-11(16(19)17(2)3)20-15-9-8-12-6-4-5-7-13(12)14(15)10-18/h4-9,11,18H,10H2,1-3H3. The maximum absolute atomic E-state index is 11.8. The number of aliphatic hydroxyl groups is 1. The molecule has 1 unspecified atom stereocenters. The zero-order valence-corrected chi connectivity index (χ0v) is 12.0. The first-order valence-electron chi connectivity index (χ1n) is 6.54. The Bertz CT molecular complexity index is 622. The first-order valence-corrected chi connectivity index (χ1v) is 6.54. The summed E-state index contributed by atoms with van der Waals surface area (Å²) in [7, 11) is 3.38. The van der Waals surface area contributed by atoms with Gasteiger partial charge in [0.25, 0.3) is 5.91 Å². The second-order valence-corrected chi connectivity index (χ2v) is 4.91. The minimum Gasteiger partial charge on any atom is -0.480 e. The van der Waals surface area contributed by atoms with Gasteiger partial charge in [0.1, 0.15) is 5.75 Å². The van der Waals surface area contributed by atoms with E-state index in [1.807, 2.05) is 30.3 Å². The number of fused-ring (bicyclic) bond motifs is 1. The van der Waals surface area contributed by atoms with Gasteiger partial charge in [-0.25, -0.2) is 0 Å². The van der Waals surface area contributed by atoms with Crippen LogP contribution in [0.4, 0.5) is 0 Å². The molecule has 0 fully saturated rings. The predicted molar refractivity (Wildman–Crippen MR) is 78.7 cm³/mol. The van der Waals surface area contributed by atoms with Crippen LogP contribution in [0.1, 0.15) is 12.5 Å². The fourth-order valence-corrected chi connectivity index (χ4v) is 2.19. The SMILES string of the molecule is CC(Oc1ccc2ccccc2c1CO)C(=O)N(C)C. The lowest BCUT2D eigenvalue weighted by Gasteiger charge is -2.20. The maximum atomic E-state index is 11.8. The van der Waals surface area contributed by atoms with Gasteiger partial charge in [0.2, 0.25) is 0 Å². The summed E-state index contributed by atoms with van der Waals surface area (Å²) >= 11 is 0. The number of amides is 1. The Labute approximate surface area is 118 Å². The number of carbonyl (C=O) groups excluding carboxylic acids is 1. The van der Waals surface area contributed by atoms with Gasteiger partial charge in [-0.15, -0.1) is 0 Å². The van der Waals surface area contributed by atoms with Crippen molar-refractivity contribution in [2.75, 3.05) is 14.1 Å². The van der Waals surface area contributed by atoms with E-state index in [1.165, 1.54) is 4.90 Å². The number of benzene rings is 2. The molecule has 0 radical (unpaired) electrons. The largest absolute Gasteiger partial charge is 0.480 e. The first-order chi connectivity index (χ1) is 9.54. The summed E-state index contributed by atoms with van der Waals surface area (Å²) in [4.78, 5) is 13.3. The summed E-state index contributed by atoms with van der Waals surface area (Å²) in [6, 6.07) is 11.5. The molecule has 20 heavy (non-hydrogen) atoms. The fraction of sp³-hybridized carbons (Fsp3) is 0.312. The van der Waals surface area contributed by atoms with Crippen LogP contribution in [0.25, 0.3) is 10.8 Å². The van der Waals surface area contributed by atoms with Crippen LogP contribution in [-0.4, -0.2) is 36.1 Å². The Morgan fingerprint density at radius 1 is 1.25 bits per heavy atom. The number of hydrogen-bond acceptors (Lipinski definition) is 3. The van der Waals surface area contributed by atoms with E-state index in [1.54, 1.807) is 27.1 Å². The van der Waals surface area contributed by atoms with Crippen LogP contribution in [0.15, 0.2) is 36.4 Å². The van der Waals surface area contributed by atoms with Crippen molar-refractivity contribution >= 4 is 16.7 Å². The van der Waals surface area contributed by atoms with Crippen molar-refractivity contribution in [3.63, 3.8) is 0 Å². The van der Waals surface area contributed by atoms with Gasteiger partial charge >= 0.3 is 0 Å². The van der Waals surface area contributed by atoms with Gasteiger partial charge in [0.15, 0.2) is 6.10 Å². The van der Waals surface area contributed by atoms with E-state index in [2.05, 4.69) is 0 Å². The van der Waals surface area contributed by atoms with E-state index in [-0.39, 0.29) is 12.5 Å². The van der Waals surface area contributed by atoms with Gasteiger partial charge in [-0.2, -0.15) is 0 Å². The first kappa shape index (κ1) is 14.3. The van der Waals surface area contributed by atoms with Crippen LogP contribution < -0.4 is 4.74 Å². The summed E-state index contributed by atoms with van der Waals surface area (Å²) < 4.78 is 5.72. The van der Waals surface area contributed by atoms with E-state index in [0.717, 1.165) is 10.8 Å². The Kier molecular flexibility index (Phi) is 4.25. The quantitative estimate of drug-likeness (QED) is 0.929. The van der Waals surface area contributed by atoms with Crippen LogP contribution in [-0.2, 0) is 11.4 Å². The molecule has 1 N–H and O–H groups in total. The molecule has 1 amide bonds. The minimum atomic E-state index is -0.587. The summed E-state index contributed by atoms with van der Waals surface area (Å²) in [5.41, 5.74) is 0.710. The van der Waals surface area contributed by atoms with E-state index < -0.39 is 6.10 Å². The lowest BCUT2D eigenvalue weighted by molar-refractivity contribution is -0.135. The normalized spacial score (nSPS) is 12.2. The second kappa shape index (κ2) is 5.92. The third kappa shape index (κ3) is 2.75. The Morgan fingerprint density at radius 2 is 1.95 bits per heavy atom. The molecular weight excluding hydrogens is 254 g/mol. The molecule has 2 aromatic rings. The lowest BCUT2D eigenvalue weighted by Crippen LogP contribution is -2.35. The Balaban J connectivity index is 2.37. The molecule has 0 aromatic heterocycles. The zero-order chi connectivity index (χ0) is 14.7. The molecule has 4 heteroatoms. The van der Waals surface area contributed by atoms with Crippen molar-refractivity contribution in [3.8, 4) is 5.75 Å². The summed E-state index contributed by atoms with van der Waals surface area (Å²) in [5.74, 6) is 0.441. The maximum Gasteiger partial charge on any atom is 0.262 e. The van der Waals surface area contributed by atoms with Crippen molar-refractivity contribution in [2.45, 2.75) is 19.6 Å². The lowest BCUT2D eigenvalue weighted by atomic mass is 10.0. The number of likely N-dealkylation sites (N-methyl/N-ethyl adjacent to an activating group) is 1. The molecule has 0 aliphatic heterocycles. The van der Waals surface area contributed by atoms with Crippen molar-refractivity contribution in [2.24, 2.45) is 0 Å². The van der Waals surface area contributed by atoms with Crippen molar-refractivity contribution < 1.29 is 14.6 Å². The minimum absolute atomic E-state index is 0.109. The van der Waals surface area contributed by atoms with E-state index in [4.69, 9.17) is 4.74 Å². The van der Waals surface area contributed by atoms with Crippen molar-refractivity contribution in [3.05, 3.63) is 42.0 Å². The number of ether oxygens (including phenoxy) is 1. The van der Waals surface area contributed by atoms with Gasteiger partial charge in [0, 0.05) is 19.7 Å². The van der Waals surface area contributed by atoms with Gasteiger partial charge in [-0.05, 0) is 23.8 Å². The summed E-state index contributed by atoms with van der Waals surface area (Å²) in [5, 5.41) is 11.6. The predicted octanol–water partition coefficient (Wildman–Crippen LogP) is 2.19. The molecule has 0 bridgehead atoms. The number of hydrogen-bond donors (Lipinski definition) is 1. The van der Waals surface area contributed by atoms with Gasteiger partial charge in [-0.3, -0.25) is 4.79 Å². The summed E-state index contributed by atoms with van der Waals surface area (Å²) in [6.07, 6.45) is -0.587. The van der Waals surface area contributed by atoms with Gasteiger partial charge in [-0.1, -0.05) is 30.3 Å². The van der Waals surface area contributed by atoms with E-state index >= 15 is 0 Å². The Hall–Kier alpha value is -2.07. The summed E-state index contributed by atoms with van der Waals surface area (Å²) in [6.45, 7) is 1.58. The van der Waals surface area contributed by atoms with Gasteiger partial charge < -0.3 is 14.7 Å². The number of rotatable bonds is 4. The number of carbonyl (C=O) groups is 1. The van der Waals surface area contributed by atoms with Crippen LogP contribution in [0.3, 0.4) is 0 Å². The third-order valence-electron chi connectivity index (χ3n) is 3.25. The second-order valence-electron chi connectivity index (χ2n) is 4.91. The van der Waals surface area contributed by atoms with Crippen LogP contribution in [0, 0.1) is 0 Å². The molecule has 0 heterocycles. The molecule has 4 nitrogen and oxygen atoms in total. The number of aliphatic hydroxyl groups excluding tert-OH is 1. The molecule has 0 aliphatic carbocycles. The highest BCUT2D eigenvalue weighted by Gasteiger charge is 2.18. The van der Waals surface area contributed by atoms with Crippen LogP contribution >= 0.6 is 0 Å². The molecule has 1 atom stereocenters. The van der Waals surface area contributed by atoms with Crippen molar-refractivity contribution in [1.82, 2.24) is 4.90 Å². The highest BCUT2D eigenvalue weighted by molar-refractivity contribution is 5.88. The molecule has 2 aromatic carbocycles. The average Bonchev–Trinajstić information content (AvgIpc) is 2.45. The molecule has 0 spiro atoms. The van der Waals surface area contributed by atoms with Crippen LogP contribution in [0.5, 0.6) is 5.75 Å². The van der Waals surface area contributed by atoms with E-state index in [9.17, 15) is 9.90 Å². The van der Waals surface area contributed by atoms with Gasteiger partial charge in [0.05, 0.1) is 6.61 Å². The molecule has 0 saturated heterocycles. The molecule has 0 saturated carbocycles. The van der Waals surface area contributed by atoms with Crippen LogP contribution in [0.2, 0.25) is 0 Å². The fourth-order valence-electron chi connectivity index (χ4n) is 2.19. The molecule has 0 aliphatic rings. The molecular formula is C16H19NO3. The Morgan fingerprint density at radius 3 is 2.60 bits per heavy atom. The monoisotopic (exact) mass is 273 g/mol. The topological polar surface area (TPSA) is 49.8 Å². The average molecular weight is 273 g/mol. The molecule has 106 valence electrons. The number of nitrogens with zero attached hydrogens (tertiary/aromatic N) is 1. The smallest absolute Gasteiger partial charge is 0.262 e.